The Hall–Kier alpha value is -1.16. The molecule has 1 heterocycles. The lowest BCUT2D eigenvalue weighted by atomic mass is 10.0. The van der Waals surface area contributed by atoms with Gasteiger partial charge in [0.25, 0.3) is 0 Å². The fraction of sp³-hybridized carbons (Fsp3) is 0.444. The van der Waals surface area contributed by atoms with Crippen LogP contribution in [0.3, 0.4) is 0 Å². The monoisotopic (exact) mass is 302 g/mol. The van der Waals surface area contributed by atoms with Crippen LogP contribution in [0.2, 0.25) is 0 Å². The molecular formula is C18H26N2S. The van der Waals surface area contributed by atoms with E-state index in [0.717, 1.165) is 19.5 Å². The fourth-order valence-electron chi connectivity index (χ4n) is 2.59. The Morgan fingerprint density at radius 1 is 1.14 bits per heavy atom. The predicted molar refractivity (Wildman–Crippen MR) is 92.8 cm³/mol. The van der Waals surface area contributed by atoms with E-state index in [9.17, 15) is 0 Å². The number of hydrogen-bond acceptors (Lipinski definition) is 3. The second kappa shape index (κ2) is 8.32. The predicted octanol–water partition coefficient (Wildman–Crippen LogP) is 4.48. The lowest BCUT2D eigenvalue weighted by molar-refractivity contribution is 0.249. The summed E-state index contributed by atoms with van der Waals surface area (Å²) < 4.78 is 0. The molecule has 0 bridgehead atoms. The maximum Gasteiger partial charge on any atom is 0.0410 e. The van der Waals surface area contributed by atoms with Crippen LogP contribution in [0, 0.1) is 0 Å². The molecule has 0 aliphatic rings. The molecule has 0 aliphatic carbocycles. The van der Waals surface area contributed by atoms with Gasteiger partial charge in [-0.25, -0.2) is 0 Å². The van der Waals surface area contributed by atoms with Crippen LogP contribution < -0.4 is 5.32 Å². The van der Waals surface area contributed by atoms with Gasteiger partial charge >= 0.3 is 0 Å². The summed E-state index contributed by atoms with van der Waals surface area (Å²) in [5.41, 5.74) is 1.39. The van der Waals surface area contributed by atoms with Gasteiger partial charge in [-0.2, -0.15) is 0 Å². The van der Waals surface area contributed by atoms with Gasteiger partial charge < -0.3 is 5.32 Å². The van der Waals surface area contributed by atoms with Gasteiger partial charge in [0.1, 0.15) is 0 Å². The molecule has 0 saturated heterocycles. The number of nitrogens with one attached hydrogen (secondary N) is 1. The minimum Gasteiger partial charge on any atom is -0.310 e. The first-order valence-corrected chi connectivity index (χ1v) is 8.62. The summed E-state index contributed by atoms with van der Waals surface area (Å²) in [4.78, 5) is 3.89. The van der Waals surface area contributed by atoms with E-state index in [-0.39, 0.29) is 0 Å². The number of hydrogen-bond donors (Lipinski definition) is 1. The topological polar surface area (TPSA) is 15.3 Å². The van der Waals surface area contributed by atoms with E-state index in [2.05, 4.69) is 79.0 Å². The minimum atomic E-state index is 0.439. The molecule has 1 N–H and O–H groups in total. The van der Waals surface area contributed by atoms with Crippen LogP contribution in [-0.4, -0.2) is 25.0 Å². The number of nitrogens with zero attached hydrogens (tertiary/aromatic N) is 1. The zero-order valence-electron chi connectivity index (χ0n) is 13.3. The lowest BCUT2D eigenvalue weighted by Crippen LogP contribution is -2.28. The second-order valence-corrected chi connectivity index (χ2v) is 6.46. The van der Waals surface area contributed by atoms with E-state index in [1.54, 1.807) is 0 Å². The maximum atomic E-state index is 3.60. The van der Waals surface area contributed by atoms with Gasteiger partial charge in [0.05, 0.1) is 0 Å². The van der Waals surface area contributed by atoms with Gasteiger partial charge in [0.2, 0.25) is 0 Å². The largest absolute Gasteiger partial charge is 0.310 e. The Kier molecular flexibility index (Phi) is 6.43. The van der Waals surface area contributed by atoms with Crippen LogP contribution in [0.1, 0.15) is 42.8 Å². The van der Waals surface area contributed by atoms with Crippen molar-refractivity contribution in [2.75, 3.05) is 20.1 Å². The molecule has 0 fully saturated rings. The van der Waals surface area contributed by atoms with Crippen molar-refractivity contribution >= 4 is 11.3 Å². The second-order valence-electron chi connectivity index (χ2n) is 5.48. The summed E-state index contributed by atoms with van der Waals surface area (Å²) in [7, 11) is 2.22. The molecule has 0 spiro atoms. The molecule has 21 heavy (non-hydrogen) atoms. The van der Waals surface area contributed by atoms with Crippen LogP contribution in [-0.2, 0) is 0 Å². The smallest absolute Gasteiger partial charge is 0.0410 e. The molecule has 0 aliphatic heterocycles. The van der Waals surface area contributed by atoms with Crippen molar-refractivity contribution in [1.29, 1.82) is 0 Å². The van der Waals surface area contributed by atoms with Crippen LogP contribution in [0.4, 0.5) is 0 Å². The van der Waals surface area contributed by atoms with Crippen molar-refractivity contribution in [3.63, 3.8) is 0 Å². The molecule has 2 nitrogen and oxygen atoms in total. The van der Waals surface area contributed by atoms with E-state index in [1.165, 1.54) is 10.4 Å². The van der Waals surface area contributed by atoms with Crippen LogP contribution >= 0.6 is 11.3 Å². The summed E-state index contributed by atoms with van der Waals surface area (Å²) in [6, 6.07) is 16.1. The van der Waals surface area contributed by atoms with E-state index >= 15 is 0 Å². The Morgan fingerprint density at radius 2 is 1.90 bits per heavy atom. The third-order valence-corrected chi connectivity index (χ3v) is 5.08. The molecule has 2 rings (SSSR count). The molecular weight excluding hydrogens is 276 g/mol. The van der Waals surface area contributed by atoms with Crippen molar-refractivity contribution in [3.05, 3.63) is 58.3 Å². The highest BCUT2D eigenvalue weighted by atomic mass is 32.1. The number of rotatable bonds is 8. The molecule has 2 aromatic rings. The Bertz CT molecular complexity index is 495. The van der Waals surface area contributed by atoms with E-state index < -0.39 is 0 Å². The van der Waals surface area contributed by atoms with Crippen molar-refractivity contribution in [3.8, 4) is 0 Å². The summed E-state index contributed by atoms with van der Waals surface area (Å²) >= 11 is 1.84. The van der Waals surface area contributed by atoms with Crippen LogP contribution in [0.5, 0.6) is 0 Å². The zero-order valence-corrected chi connectivity index (χ0v) is 14.1. The number of benzene rings is 1. The zero-order chi connectivity index (χ0) is 15.1. The molecule has 1 aromatic carbocycles. The van der Waals surface area contributed by atoms with E-state index in [1.807, 2.05) is 11.3 Å². The third-order valence-electron chi connectivity index (χ3n) is 4.04. The molecule has 2 unspecified atom stereocenters. The highest BCUT2D eigenvalue weighted by Crippen LogP contribution is 2.25. The normalized spacial score (nSPS) is 14.3. The van der Waals surface area contributed by atoms with Crippen molar-refractivity contribution in [1.82, 2.24) is 10.2 Å². The average Bonchev–Trinajstić information content (AvgIpc) is 3.05. The van der Waals surface area contributed by atoms with Gasteiger partial charge in [-0.15, -0.1) is 11.3 Å². The van der Waals surface area contributed by atoms with Gasteiger partial charge in [-0.3, -0.25) is 4.90 Å². The minimum absolute atomic E-state index is 0.439. The van der Waals surface area contributed by atoms with E-state index in [4.69, 9.17) is 0 Å². The highest BCUT2D eigenvalue weighted by Gasteiger charge is 2.15. The summed E-state index contributed by atoms with van der Waals surface area (Å²) in [6.45, 7) is 6.56. The van der Waals surface area contributed by atoms with Crippen LogP contribution in [0.25, 0.3) is 0 Å². The van der Waals surface area contributed by atoms with Gasteiger partial charge in [-0.1, -0.05) is 43.3 Å². The van der Waals surface area contributed by atoms with Gasteiger partial charge in [0.15, 0.2) is 0 Å². The first kappa shape index (κ1) is 16.2. The van der Waals surface area contributed by atoms with Gasteiger partial charge in [-0.05, 0) is 43.9 Å². The lowest BCUT2D eigenvalue weighted by Gasteiger charge is -2.27. The fourth-order valence-corrected chi connectivity index (χ4v) is 3.44. The van der Waals surface area contributed by atoms with E-state index in [0.29, 0.717) is 12.1 Å². The van der Waals surface area contributed by atoms with Crippen molar-refractivity contribution in [2.45, 2.75) is 32.4 Å². The van der Waals surface area contributed by atoms with Gasteiger partial charge in [0, 0.05) is 23.5 Å². The molecule has 1 aromatic heterocycles. The first-order chi connectivity index (χ1) is 10.2. The average molecular weight is 302 g/mol. The molecule has 2 atom stereocenters. The molecule has 114 valence electrons. The Morgan fingerprint density at radius 3 is 2.52 bits per heavy atom. The highest BCUT2D eigenvalue weighted by molar-refractivity contribution is 7.10. The number of thiophene rings is 1. The SMILES string of the molecule is CCNC(CCN(C)C(C)c1cccs1)c1ccccc1. The van der Waals surface area contributed by atoms with Crippen LogP contribution in [0.15, 0.2) is 47.8 Å². The molecule has 0 radical (unpaired) electrons. The standard InChI is InChI=1S/C18H26N2S/c1-4-19-17(16-9-6-5-7-10-16)12-13-20(3)15(2)18-11-8-14-21-18/h5-11,14-15,17,19H,4,12-13H2,1-3H3. The summed E-state index contributed by atoms with van der Waals surface area (Å²) in [5, 5.41) is 5.76. The molecule has 0 saturated carbocycles. The van der Waals surface area contributed by atoms with Crippen molar-refractivity contribution in [2.24, 2.45) is 0 Å². The molecule has 0 amide bonds. The first-order valence-electron chi connectivity index (χ1n) is 7.74. The third kappa shape index (κ3) is 4.67. The quantitative estimate of drug-likeness (QED) is 0.773. The van der Waals surface area contributed by atoms with Crippen molar-refractivity contribution < 1.29 is 0 Å². The molecule has 3 heteroatoms. The Balaban J connectivity index is 1.92. The Labute approximate surface area is 132 Å². The summed E-state index contributed by atoms with van der Waals surface area (Å²) in [5.74, 6) is 0. The summed E-state index contributed by atoms with van der Waals surface area (Å²) in [6.07, 6.45) is 1.13. The maximum absolute atomic E-state index is 3.60.